The van der Waals surface area contributed by atoms with Crippen molar-refractivity contribution >= 4 is 23.2 Å². The van der Waals surface area contributed by atoms with Crippen molar-refractivity contribution in [3.05, 3.63) is 18.2 Å². The number of methoxy groups -OCH3 is 1. The Labute approximate surface area is 147 Å². The summed E-state index contributed by atoms with van der Waals surface area (Å²) in [5, 5.41) is 6.05. The molecule has 1 aromatic carbocycles. The third-order valence-corrected chi connectivity index (χ3v) is 4.30. The maximum atomic E-state index is 12.2. The molecule has 2 N–H and O–H groups in total. The number of anilines is 2. The van der Waals surface area contributed by atoms with Crippen LogP contribution in [0.4, 0.5) is 11.4 Å². The van der Waals surface area contributed by atoms with Crippen LogP contribution in [0, 0.1) is 0 Å². The largest absolute Gasteiger partial charge is 0.481 e. The third kappa shape index (κ3) is 4.21. The molecule has 1 saturated heterocycles. The molecule has 2 amide bonds. The monoisotopic (exact) mass is 348 g/mol. The molecule has 0 aromatic heterocycles. The zero-order chi connectivity index (χ0) is 17.6. The van der Waals surface area contributed by atoms with Crippen molar-refractivity contribution in [3.8, 4) is 5.75 Å². The fourth-order valence-electron chi connectivity index (χ4n) is 2.98. The first kappa shape index (κ1) is 17.5. The summed E-state index contributed by atoms with van der Waals surface area (Å²) in [5.74, 6) is 0.203. The topological polar surface area (TPSA) is 83.1 Å². The lowest BCUT2D eigenvalue weighted by Gasteiger charge is -2.32. The Morgan fingerprint density at radius 1 is 1.36 bits per heavy atom. The van der Waals surface area contributed by atoms with Gasteiger partial charge in [0.05, 0.1) is 12.3 Å². The number of nitrogens with one attached hydrogen (secondary N) is 2. The minimum atomic E-state index is -0.218. The van der Waals surface area contributed by atoms with Crippen molar-refractivity contribution in [3.63, 3.8) is 0 Å². The molecule has 0 spiro atoms. The van der Waals surface area contributed by atoms with Crippen LogP contribution in [0.1, 0.15) is 0 Å². The summed E-state index contributed by atoms with van der Waals surface area (Å²) < 4.78 is 10.5. The van der Waals surface area contributed by atoms with E-state index in [0.29, 0.717) is 24.6 Å². The molecule has 3 rings (SSSR count). The van der Waals surface area contributed by atoms with Crippen LogP contribution in [0.15, 0.2) is 18.2 Å². The Balaban J connectivity index is 1.72. The van der Waals surface area contributed by atoms with Gasteiger partial charge in [-0.05, 0) is 12.1 Å². The molecule has 0 unspecified atom stereocenters. The number of amides is 2. The molecule has 2 aliphatic heterocycles. The van der Waals surface area contributed by atoms with Crippen molar-refractivity contribution in [2.75, 3.05) is 69.4 Å². The zero-order valence-electron chi connectivity index (χ0n) is 14.4. The minimum Gasteiger partial charge on any atom is -0.481 e. The van der Waals surface area contributed by atoms with Gasteiger partial charge in [0.25, 0.3) is 5.91 Å². The second kappa shape index (κ2) is 8.17. The number of carbonyl (C=O) groups excluding carboxylic acids is 2. The van der Waals surface area contributed by atoms with Crippen molar-refractivity contribution in [2.45, 2.75) is 0 Å². The quantitative estimate of drug-likeness (QED) is 0.680. The number of benzene rings is 1. The van der Waals surface area contributed by atoms with Crippen LogP contribution < -0.4 is 25.2 Å². The fraction of sp³-hybridized carbons (Fsp3) is 0.529. The molecule has 25 heavy (non-hydrogen) atoms. The van der Waals surface area contributed by atoms with E-state index in [1.165, 1.54) is 4.90 Å². The second-order valence-corrected chi connectivity index (χ2v) is 6.00. The molecule has 8 heteroatoms. The predicted octanol–water partition coefficient (Wildman–Crippen LogP) is -0.416. The van der Waals surface area contributed by atoms with Gasteiger partial charge in [0.2, 0.25) is 5.91 Å². The SMILES string of the molecule is COCCNC(=O)CN1C(=O)COc2cc(N3CCNCC3)ccc21. The maximum absolute atomic E-state index is 12.2. The van der Waals surface area contributed by atoms with Gasteiger partial charge in [-0.15, -0.1) is 0 Å². The van der Waals surface area contributed by atoms with E-state index >= 15 is 0 Å². The Morgan fingerprint density at radius 2 is 2.16 bits per heavy atom. The number of rotatable bonds is 6. The normalized spacial score (nSPS) is 17.1. The summed E-state index contributed by atoms with van der Waals surface area (Å²) in [6.45, 7) is 4.55. The van der Waals surface area contributed by atoms with Gasteiger partial charge in [0.15, 0.2) is 6.61 Å². The average Bonchev–Trinajstić information content (AvgIpc) is 2.64. The molecule has 0 bridgehead atoms. The van der Waals surface area contributed by atoms with Crippen LogP contribution in [0.2, 0.25) is 0 Å². The van der Waals surface area contributed by atoms with Crippen molar-refractivity contribution in [2.24, 2.45) is 0 Å². The van der Waals surface area contributed by atoms with Crippen LogP contribution in [0.5, 0.6) is 5.75 Å². The highest BCUT2D eigenvalue weighted by molar-refractivity contribution is 6.02. The molecular formula is C17H24N4O4. The molecule has 1 fully saturated rings. The number of carbonyl (C=O) groups is 2. The Kier molecular flexibility index (Phi) is 5.72. The van der Waals surface area contributed by atoms with Gasteiger partial charge in [-0.25, -0.2) is 0 Å². The lowest BCUT2D eigenvalue weighted by atomic mass is 10.2. The fourth-order valence-corrected chi connectivity index (χ4v) is 2.98. The molecule has 0 saturated carbocycles. The molecule has 0 atom stereocenters. The van der Waals surface area contributed by atoms with Gasteiger partial charge >= 0.3 is 0 Å². The molecule has 2 heterocycles. The first-order valence-corrected chi connectivity index (χ1v) is 8.47. The lowest BCUT2D eigenvalue weighted by Crippen LogP contribution is -2.46. The Morgan fingerprint density at radius 3 is 2.92 bits per heavy atom. The molecule has 2 aliphatic rings. The number of piperazine rings is 1. The van der Waals surface area contributed by atoms with E-state index in [9.17, 15) is 9.59 Å². The van der Waals surface area contributed by atoms with Gasteiger partial charge in [-0.3, -0.25) is 14.5 Å². The highest BCUT2D eigenvalue weighted by Gasteiger charge is 2.28. The van der Waals surface area contributed by atoms with Gasteiger partial charge in [0.1, 0.15) is 12.3 Å². The van der Waals surface area contributed by atoms with Crippen LogP contribution >= 0.6 is 0 Å². The predicted molar refractivity (Wildman–Crippen MR) is 94.3 cm³/mol. The van der Waals surface area contributed by atoms with E-state index in [0.717, 1.165) is 31.9 Å². The second-order valence-electron chi connectivity index (χ2n) is 6.00. The van der Waals surface area contributed by atoms with E-state index in [1.54, 1.807) is 7.11 Å². The van der Waals surface area contributed by atoms with E-state index in [-0.39, 0.29) is 25.0 Å². The Bertz CT molecular complexity index is 631. The van der Waals surface area contributed by atoms with Crippen LogP contribution in [-0.4, -0.2) is 71.4 Å². The Hall–Kier alpha value is -2.32. The van der Waals surface area contributed by atoms with Crippen molar-refractivity contribution in [1.29, 1.82) is 0 Å². The van der Waals surface area contributed by atoms with Gasteiger partial charge in [-0.2, -0.15) is 0 Å². The summed E-state index contributed by atoms with van der Waals surface area (Å²) in [6, 6.07) is 5.77. The standard InChI is InChI=1S/C17H24N4O4/c1-24-9-6-19-16(22)11-21-14-3-2-13(20-7-4-18-5-8-20)10-15(14)25-12-17(21)23/h2-3,10,18H,4-9,11-12H2,1H3,(H,19,22). The van der Waals surface area contributed by atoms with E-state index in [4.69, 9.17) is 9.47 Å². The smallest absolute Gasteiger partial charge is 0.265 e. The molecule has 136 valence electrons. The lowest BCUT2D eigenvalue weighted by molar-refractivity contribution is -0.125. The number of hydrogen-bond donors (Lipinski definition) is 2. The van der Waals surface area contributed by atoms with E-state index in [2.05, 4.69) is 15.5 Å². The summed E-state index contributed by atoms with van der Waals surface area (Å²) in [5.41, 5.74) is 1.70. The molecule has 8 nitrogen and oxygen atoms in total. The minimum absolute atomic E-state index is 0.0219. The molecule has 0 aliphatic carbocycles. The zero-order valence-corrected chi connectivity index (χ0v) is 14.4. The number of nitrogens with zero attached hydrogens (tertiary/aromatic N) is 2. The summed E-state index contributed by atoms with van der Waals surface area (Å²) in [7, 11) is 1.57. The van der Waals surface area contributed by atoms with E-state index in [1.807, 2.05) is 18.2 Å². The van der Waals surface area contributed by atoms with E-state index < -0.39 is 0 Å². The average molecular weight is 348 g/mol. The highest BCUT2D eigenvalue weighted by Crippen LogP contribution is 2.35. The van der Waals surface area contributed by atoms with Gasteiger partial charge in [0, 0.05) is 51.6 Å². The first-order valence-electron chi connectivity index (χ1n) is 8.47. The number of ether oxygens (including phenoxy) is 2. The van der Waals surface area contributed by atoms with Gasteiger partial charge < -0.3 is 25.0 Å². The summed E-state index contributed by atoms with van der Waals surface area (Å²) >= 11 is 0. The first-order chi connectivity index (χ1) is 12.2. The summed E-state index contributed by atoms with van der Waals surface area (Å²) in [4.78, 5) is 28.0. The molecule has 1 aromatic rings. The van der Waals surface area contributed by atoms with Crippen molar-refractivity contribution < 1.29 is 19.1 Å². The van der Waals surface area contributed by atoms with Crippen LogP contribution in [0.3, 0.4) is 0 Å². The third-order valence-electron chi connectivity index (χ3n) is 4.30. The summed E-state index contributed by atoms with van der Waals surface area (Å²) in [6.07, 6.45) is 0. The number of hydrogen-bond acceptors (Lipinski definition) is 6. The molecule has 0 radical (unpaired) electrons. The van der Waals surface area contributed by atoms with Crippen LogP contribution in [0.25, 0.3) is 0 Å². The van der Waals surface area contributed by atoms with Gasteiger partial charge in [-0.1, -0.05) is 0 Å². The number of fused-ring (bicyclic) bond motifs is 1. The van der Waals surface area contributed by atoms with Crippen LogP contribution in [-0.2, 0) is 14.3 Å². The highest BCUT2D eigenvalue weighted by atomic mass is 16.5. The van der Waals surface area contributed by atoms with Crippen molar-refractivity contribution in [1.82, 2.24) is 10.6 Å². The maximum Gasteiger partial charge on any atom is 0.265 e. The molecular weight excluding hydrogens is 324 g/mol.